The van der Waals surface area contributed by atoms with Gasteiger partial charge in [0.2, 0.25) is 0 Å². The average molecular weight is 224 g/mol. The fourth-order valence-electron chi connectivity index (χ4n) is 2.12. The number of ether oxygens (including phenoxy) is 1. The number of carbonyl (C=O) groups is 2. The monoisotopic (exact) mass is 224 g/mol. The maximum Gasteiger partial charge on any atom is 0.305 e. The van der Waals surface area contributed by atoms with Gasteiger partial charge in [-0.2, -0.15) is 0 Å². The molecule has 1 aliphatic rings. The van der Waals surface area contributed by atoms with Crippen LogP contribution in [0.2, 0.25) is 0 Å². The second-order valence-corrected chi connectivity index (χ2v) is 4.48. The van der Waals surface area contributed by atoms with Gasteiger partial charge in [-0.25, -0.2) is 0 Å². The van der Waals surface area contributed by atoms with Crippen molar-refractivity contribution in [3.8, 4) is 0 Å². The lowest BCUT2D eigenvalue weighted by atomic mass is 9.76. The van der Waals surface area contributed by atoms with Crippen molar-refractivity contribution in [2.45, 2.75) is 44.9 Å². The van der Waals surface area contributed by atoms with Crippen molar-refractivity contribution in [3.05, 3.63) is 12.2 Å². The number of esters is 1. The highest BCUT2D eigenvalue weighted by molar-refractivity contribution is 5.70. The Morgan fingerprint density at radius 1 is 1.44 bits per heavy atom. The summed E-state index contributed by atoms with van der Waals surface area (Å²) in [6.07, 6.45) is 11.1. The molecule has 0 amide bonds. The average Bonchev–Trinajstić information content (AvgIpc) is 2.28. The molecular formula is C13H20O3. The molecule has 1 atom stereocenters. The summed E-state index contributed by atoms with van der Waals surface area (Å²) in [5.41, 5.74) is -0.342. The minimum Gasteiger partial charge on any atom is -0.469 e. The zero-order chi connectivity index (χ0) is 11.9. The molecule has 0 saturated carbocycles. The minimum atomic E-state index is -0.342. The predicted molar refractivity (Wildman–Crippen MR) is 62.0 cm³/mol. The van der Waals surface area contributed by atoms with E-state index in [9.17, 15) is 9.59 Å². The molecule has 0 spiro atoms. The Morgan fingerprint density at radius 2 is 2.25 bits per heavy atom. The number of allylic oxidation sites excluding steroid dienone is 2. The van der Waals surface area contributed by atoms with E-state index in [1.165, 1.54) is 7.11 Å². The van der Waals surface area contributed by atoms with E-state index < -0.39 is 0 Å². The van der Waals surface area contributed by atoms with Crippen LogP contribution in [0.5, 0.6) is 0 Å². The number of methoxy groups -OCH3 is 1. The van der Waals surface area contributed by atoms with Crippen LogP contribution in [0.1, 0.15) is 44.9 Å². The summed E-state index contributed by atoms with van der Waals surface area (Å²) in [6, 6.07) is 0. The van der Waals surface area contributed by atoms with Gasteiger partial charge >= 0.3 is 5.97 Å². The molecule has 0 radical (unpaired) electrons. The molecule has 0 aromatic carbocycles. The first kappa shape index (κ1) is 12.9. The second kappa shape index (κ2) is 6.46. The summed E-state index contributed by atoms with van der Waals surface area (Å²) >= 11 is 0. The molecule has 1 unspecified atom stereocenters. The van der Waals surface area contributed by atoms with Crippen molar-refractivity contribution in [3.63, 3.8) is 0 Å². The van der Waals surface area contributed by atoms with Crippen LogP contribution in [0.15, 0.2) is 12.2 Å². The molecule has 1 aliphatic carbocycles. The van der Waals surface area contributed by atoms with Gasteiger partial charge in [-0.1, -0.05) is 18.6 Å². The standard InChI is InChI=1S/C13H20O3/c1-16-12(15)7-10-13(11-14)8-5-3-2-4-6-9-13/h3,5,11H,2,4,6-10H2,1H3/b5-3-. The highest BCUT2D eigenvalue weighted by Gasteiger charge is 2.29. The number of aldehydes is 1. The summed E-state index contributed by atoms with van der Waals surface area (Å²) in [7, 11) is 1.38. The van der Waals surface area contributed by atoms with Crippen LogP contribution in [0.4, 0.5) is 0 Å². The summed E-state index contributed by atoms with van der Waals surface area (Å²) in [5.74, 6) is -0.229. The quantitative estimate of drug-likeness (QED) is 0.419. The molecular weight excluding hydrogens is 204 g/mol. The molecule has 0 heterocycles. The van der Waals surface area contributed by atoms with Crippen molar-refractivity contribution in [2.75, 3.05) is 7.11 Å². The highest BCUT2D eigenvalue weighted by Crippen LogP contribution is 2.34. The van der Waals surface area contributed by atoms with E-state index in [-0.39, 0.29) is 11.4 Å². The highest BCUT2D eigenvalue weighted by atomic mass is 16.5. The van der Waals surface area contributed by atoms with E-state index >= 15 is 0 Å². The molecule has 0 bridgehead atoms. The summed E-state index contributed by atoms with van der Waals surface area (Å²) in [6.45, 7) is 0. The van der Waals surface area contributed by atoms with Crippen LogP contribution < -0.4 is 0 Å². The van der Waals surface area contributed by atoms with E-state index in [0.717, 1.165) is 38.4 Å². The van der Waals surface area contributed by atoms with E-state index in [4.69, 9.17) is 0 Å². The van der Waals surface area contributed by atoms with Gasteiger partial charge in [0.05, 0.1) is 7.11 Å². The molecule has 0 saturated heterocycles. The van der Waals surface area contributed by atoms with Crippen molar-refractivity contribution in [1.29, 1.82) is 0 Å². The molecule has 3 heteroatoms. The first-order chi connectivity index (χ1) is 7.72. The lowest BCUT2D eigenvalue weighted by molar-refractivity contribution is -0.141. The molecule has 90 valence electrons. The van der Waals surface area contributed by atoms with Gasteiger partial charge in [0.1, 0.15) is 6.29 Å². The van der Waals surface area contributed by atoms with E-state index in [0.29, 0.717) is 12.8 Å². The van der Waals surface area contributed by atoms with Gasteiger partial charge in [-0.05, 0) is 32.1 Å². The maximum atomic E-state index is 11.3. The SMILES string of the molecule is COC(=O)CCC1(C=O)C/C=C\CCCC1. The van der Waals surface area contributed by atoms with E-state index in [2.05, 4.69) is 16.9 Å². The van der Waals surface area contributed by atoms with Crippen LogP contribution in [-0.2, 0) is 14.3 Å². The van der Waals surface area contributed by atoms with Gasteiger partial charge < -0.3 is 9.53 Å². The van der Waals surface area contributed by atoms with E-state index in [1.807, 2.05) is 0 Å². The molecule has 0 N–H and O–H groups in total. The molecule has 0 aromatic heterocycles. The third-order valence-corrected chi connectivity index (χ3v) is 3.29. The van der Waals surface area contributed by atoms with Gasteiger partial charge in [0.25, 0.3) is 0 Å². The Bertz CT molecular complexity index is 270. The smallest absolute Gasteiger partial charge is 0.305 e. The normalized spacial score (nSPS) is 27.6. The second-order valence-electron chi connectivity index (χ2n) is 4.48. The van der Waals surface area contributed by atoms with Crippen LogP contribution in [0.3, 0.4) is 0 Å². The van der Waals surface area contributed by atoms with Crippen molar-refractivity contribution >= 4 is 12.3 Å². The van der Waals surface area contributed by atoms with Gasteiger partial charge in [-0.3, -0.25) is 4.79 Å². The zero-order valence-electron chi connectivity index (χ0n) is 9.91. The third-order valence-electron chi connectivity index (χ3n) is 3.29. The number of hydrogen-bond donors (Lipinski definition) is 0. The Labute approximate surface area is 96.9 Å². The van der Waals surface area contributed by atoms with Gasteiger partial charge in [0.15, 0.2) is 0 Å². The lowest BCUT2D eigenvalue weighted by Gasteiger charge is -2.27. The van der Waals surface area contributed by atoms with Crippen LogP contribution in [-0.4, -0.2) is 19.4 Å². The summed E-state index contributed by atoms with van der Waals surface area (Å²) in [4.78, 5) is 22.4. The zero-order valence-corrected chi connectivity index (χ0v) is 9.91. The first-order valence-electron chi connectivity index (χ1n) is 5.90. The Hall–Kier alpha value is -1.12. The lowest BCUT2D eigenvalue weighted by Crippen LogP contribution is -2.24. The Kier molecular flexibility index (Phi) is 5.23. The third kappa shape index (κ3) is 3.80. The van der Waals surface area contributed by atoms with Crippen molar-refractivity contribution in [2.24, 2.45) is 5.41 Å². The molecule has 0 aliphatic heterocycles. The van der Waals surface area contributed by atoms with Gasteiger partial charge in [-0.15, -0.1) is 0 Å². The fraction of sp³-hybridized carbons (Fsp3) is 0.692. The number of carbonyl (C=O) groups excluding carboxylic acids is 2. The van der Waals surface area contributed by atoms with Crippen molar-refractivity contribution in [1.82, 2.24) is 0 Å². The molecule has 0 fully saturated rings. The van der Waals surface area contributed by atoms with Gasteiger partial charge in [0, 0.05) is 11.8 Å². The number of rotatable bonds is 4. The van der Waals surface area contributed by atoms with Crippen LogP contribution in [0, 0.1) is 5.41 Å². The Balaban J connectivity index is 2.59. The summed E-state index contributed by atoms with van der Waals surface area (Å²) in [5, 5.41) is 0. The maximum absolute atomic E-state index is 11.3. The van der Waals surface area contributed by atoms with Crippen LogP contribution >= 0.6 is 0 Å². The van der Waals surface area contributed by atoms with Crippen LogP contribution in [0.25, 0.3) is 0 Å². The topological polar surface area (TPSA) is 43.4 Å². The largest absolute Gasteiger partial charge is 0.469 e. The fourth-order valence-corrected chi connectivity index (χ4v) is 2.12. The van der Waals surface area contributed by atoms with E-state index in [1.54, 1.807) is 0 Å². The predicted octanol–water partition coefficient (Wildman–Crippen LogP) is 2.65. The number of hydrogen-bond acceptors (Lipinski definition) is 3. The Morgan fingerprint density at radius 3 is 2.94 bits per heavy atom. The molecule has 3 nitrogen and oxygen atoms in total. The summed E-state index contributed by atoms with van der Waals surface area (Å²) < 4.78 is 4.61. The van der Waals surface area contributed by atoms with Crippen molar-refractivity contribution < 1.29 is 14.3 Å². The minimum absolute atomic E-state index is 0.229. The molecule has 1 rings (SSSR count). The molecule has 16 heavy (non-hydrogen) atoms. The first-order valence-corrected chi connectivity index (χ1v) is 5.90. The molecule has 0 aromatic rings.